The Bertz CT molecular complexity index is 306. The number of rotatable bonds is 9. The molecule has 0 spiro atoms. The van der Waals surface area contributed by atoms with E-state index in [-0.39, 0.29) is 23.8 Å². The fourth-order valence-electron chi connectivity index (χ4n) is 2.90. The Labute approximate surface area is 128 Å². The van der Waals surface area contributed by atoms with Gasteiger partial charge in [0.25, 0.3) is 0 Å². The van der Waals surface area contributed by atoms with Gasteiger partial charge in [0, 0.05) is 0 Å². The van der Waals surface area contributed by atoms with E-state index in [0.29, 0.717) is 6.61 Å². The molecule has 1 aliphatic rings. The summed E-state index contributed by atoms with van der Waals surface area (Å²) in [5.74, 6) is -0.274. The minimum absolute atomic E-state index is 0.0222. The van der Waals surface area contributed by atoms with Gasteiger partial charge in [-0.15, -0.1) is 0 Å². The Morgan fingerprint density at radius 1 is 0.857 bits per heavy atom. The third kappa shape index (κ3) is 6.96. The first-order valence-electron chi connectivity index (χ1n) is 8.43. The molecular formula is C17H30O4. The first kappa shape index (κ1) is 18.0. The molecule has 0 heterocycles. The second-order valence-corrected chi connectivity index (χ2v) is 6.01. The van der Waals surface area contributed by atoms with Crippen LogP contribution in [0.3, 0.4) is 0 Å². The molecule has 0 atom stereocenters. The summed E-state index contributed by atoms with van der Waals surface area (Å²) in [5, 5.41) is 0. The molecule has 21 heavy (non-hydrogen) atoms. The number of unbranched alkanes of at least 4 members (excludes halogenated alkanes) is 5. The maximum absolute atomic E-state index is 11.9. The molecule has 1 saturated carbocycles. The van der Waals surface area contributed by atoms with Gasteiger partial charge in [0.2, 0.25) is 0 Å². The molecule has 0 saturated heterocycles. The number of hydrogen-bond donors (Lipinski definition) is 0. The summed E-state index contributed by atoms with van der Waals surface area (Å²) in [4.78, 5) is 23.4. The minimum atomic E-state index is -0.145. The lowest BCUT2D eigenvalue weighted by Gasteiger charge is -2.25. The van der Waals surface area contributed by atoms with Crippen molar-refractivity contribution in [2.24, 2.45) is 11.8 Å². The van der Waals surface area contributed by atoms with Crippen molar-refractivity contribution in [3.63, 3.8) is 0 Å². The Balaban J connectivity index is 2.07. The molecule has 0 bridgehead atoms. The van der Waals surface area contributed by atoms with Crippen LogP contribution in [-0.4, -0.2) is 25.7 Å². The summed E-state index contributed by atoms with van der Waals surface area (Å²) in [6.45, 7) is 2.75. The zero-order chi connectivity index (χ0) is 15.5. The highest BCUT2D eigenvalue weighted by atomic mass is 16.5. The molecule has 0 amide bonds. The van der Waals surface area contributed by atoms with Crippen LogP contribution in [0.4, 0.5) is 0 Å². The summed E-state index contributed by atoms with van der Waals surface area (Å²) in [5.41, 5.74) is 0. The summed E-state index contributed by atoms with van der Waals surface area (Å²) in [6, 6.07) is 0. The number of hydrogen-bond acceptors (Lipinski definition) is 4. The molecule has 1 rings (SSSR count). The SMILES string of the molecule is CCCCCCCCOC(=O)C1CCC(C(=O)OC)CC1. The minimum Gasteiger partial charge on any atom is -0.469 e. The lowest BCUT2D eigenvalue weighted by atomic mass is 9.82. The van der Waals surface area contributed by atoms with E-state index in [1.54, 1.807) is 0 Å². The van der Waals surface area contributed by atoms with Gasteiger partial charge in [0.05, 0.1) is 25.6 Å². The molecule has 0 N–H and O–H groups in total. The highest BCUT2D eigenvalue weighted by Gasteiger charge is 2.31. The lowest BCUT2D eigenvalue weighted by Crippen LogP contribution is -2.28. The van der Waals surface area contributed by atoms with Gasteiger partial charge in [-0.3, -0.25) is 9.59 Å². The second kappa shape index (κ2) is 10.6. The summed E-state index contributed by atoms with van der Waals surface area (Å²) >= 11 is 0. The van der Waals surface area contributed by atoms with Crippen molar-refractivity contribution in [3.8, 4) is 0 Å². The van der Waals surface area contributed by atoms with Crippen LogP contribution in [0, 0.1) is 11.8 Å². The van der Waals surface area contributed by atoms with E-state index in [0.717, 1.165) is 38.5 Å². The summed E-state index contributed by atoms with van der Waals surface area (Å²) in [7, 11) is 1.42. The van der Waals surface area contributed by atoms with Crippen LogP contribution >= 0.6 is 0 Å². The van der Waals surface area contributed by atoms with Crippen molar-refractivity contribution in [1.29, 1.82) is 0 Å². The van der Waals surface area contributed by atoms with Crippen LogP contribution in [0.2, 0.25) is 0 Å². The monoisotopic (exact) mass is 298 g/mol. The van der Waals surface area contributed by atoms with Crippen molar-refractivity contribution in [3.05, 3.63) is 0 Å². The van der Waals surface area contributed by atoms with Crippen LogP contribution in [0.5, 0.6) is 0 Å². The Morgan fingerprint density at radius 2 is 1.38 bits per heavy atom. The van der Waals surface area contributed by atoms with Gasteiger partial charge in [-0.25, -0.2) is 0 Å². The van der Waals surface area contributed by atoms with E-state index in [1.165, 1.54) is 32.8 Å². The van der Waals surface area contributed by atoms with Gasteiger partial charge in [0.15, 0.2) is 0 Å². The fraction of sp³-hybridized carbons (Fsp3) is 0.882. The highest BCUT2D eigenvalue weighted by molar-refractivity contribution is 5.75. The second-order valence-electron chi connectivity index (χ2n) is 6.01. The Kier molecular flexibility index (Phi) is 9.11. The zero-order valence-corrected chi connectivity index (χ0v) is 13.6. The van der Waals surface area contributed by atoms with Crippen LogP contribution in [0.25, 0.3) is 0 Å². The van der Waals surface area contributed by atoms with E-state index >= 15 is 0 Å². The Morgan fingerprint density at radius 3 is 1.95 bits per heavy atom. The maximum atomic E-state index is 11.9. The quantitative estimate of drug-likeness (QED) is 0.479. The average molecular weight is 298 g/mol. The number of methoxy groups -OCH3 is 1. The van der Waals surface area contributed by atoms with Crippen molar-refractivity contribution in [1.82, 2.24) is 0 Å². The summed E-state index contributed by atoms with van der Waals surface area (Å²) < 4.78 is 10.1. The summed E-state index contributed by atoms with van der Waals surface area (Å²) in [6.07, 6.45) is 10.1. The first-order valence-corrected chi connectivity index (χ1v) is 8.43. The van der Waals surface area contributed by atoms with E-state index < -0.39 is 0 Å². The molecule has 1 aliphatic carbocycles. The van der Waals surface area contributed by atoms with Crippen molar-refractivity contribution < 1.29 is 19.1 Å². The third-order valence-electron chi connectivity index (χ3n) is 4.34. The fourth-order valence-corrected chi connectivity index (χ4v) is 2.90. The van der Waals surface area contributed by atoms with Crippen molar-refractivity contribution in [2.75, 3.05) is 13.7 Å². The van der Waals surface area contributed by atoms with Gasteiger partial charge in [-0.2, -0.15) is 0 Å². The van der Waals surface area contributed by atoms with Gasteiger partial charge in [0.1, 0.15) is 0 Å². The number of carbonyl (C=O) groups is 2. The van der Waals surface area contributed by atoms with Crippen LogP contribution in [-0.2, 0) is 19.1 Å². The van der Waals surface area contributed by atoms with Crippen LogP contribution in [0.15, 0.2) is 0 Å². The van der Waals surface area contributed by atoms with Crippen molar-refractivity contribution >= 4 is 11.9 Å². The molecule has 1 fully saturated rings. The lowest BCUT2D eigenvalue weighted by molar-refractivity contribution is -0.153. The molecule has 0 aliphatic heterocycles. The van der Waals surface area contributed by atoms with E-state index in [1.807, 2.05) is 0 Å². The van der Waals surface area contributed by atoms with Crippen molar-refractivity contribution in [2.45, 2.75) is 71.1 Å². The highest BCUT2D eigenvalue weighted by Crippen LogP contribution is 2.30. The molecule has 0 aromatic carbocycles. The predicted molar refractivity (Wildman–Crippen MR) is 81.8 cm³/mol. The molecule has 0 radical (unpaired) electrons. The molecule has 122 valence electrons. The van der Waals surface area contributed by atoms with Crippen LogP contribution in [0.1, 0.15) is 71.1 Å². The molecule has 0 unspecified atom stereocenters. The maximum Gasteiger partial charge on any atom is 0.308 e. The molecular weight excluding hydrogens is 268 g/mol. The van der Waals surface area contributed by atoms with E-state index in [2.05, 4.69) is 6.92 Å². The van der Waals surface area contributed by atoms with Gasteiger partial charge in [-0.05, 0) is 32.1 Å². The smallest absolute Gasteiger partial charge is 0.308 e. The van der Waals surface area contributed by atoms with Gasteiger partial charge < -0.3 is 9.47 Å². The average Bonchev–Trinajstić information content (AvgIpc) is 2.53. The number of esters is 2. The number of ether oxygens (including phenoxy) is 2. The normalized spacial score (nSPS) is 21.8. The van der Waals surface area contributed by atoms with Gasteiger partial charge >= 0.3 is 11.9 Å². The third-order valence-corrected chi connectivity index (χ3v) is 4.34. The topological polar surface area (TPSA) is 52.6 Å². The standard InChI is InChI=1S/C17H30O4/c1-3-4-5-6-7-8-13-21-17(19)15-11-9-14(10-12-15)16(18)20-2/h14-15H,3-13H2,1-2H3. The molecule has 0 aromatic heterocycles. The molecule has 0 aromatic rings. The largest absolute Gasteiger partial charge is 0.469 e. The van der Waals surface area contributed by atoms with Gasteiger partial charge in [-0.1, -0.05) is 39.0 Å². The zero-order valence-electron chi connectivity index (χ0n) is 13.6. The number of carbonyl (C=O) groups excluding carboxylic acids is 2. The Hall–Kier alpha value is -1.06. The molecule has 4 heteroatoms. The molecule has 4 nitrogen and oxygen atoms in total. The van der Waals surface area contributed by atoms with Crippen LogP contribution < -0.4 is 0 Å². The van der Waals surface area contributed by atoms with E-state index in [9.17, 15) is 9.59 Å². The first-order chi connectivity index (χ1) is 10.2. The predicted octanol–water partition coefficient (Wildman–Crippen LogP) is 3.87. The van der Waals surface area contributed by atoms with E-state index in [4.69, 9.17) is 9.47 Å².